The summed E-state index contributed by atoms with van der Waals surface area (Å²) in [6.45, 7) is 4.15. The van der Waals surface area contributed by atoms with Crippen LogP contribution in [0.1, 0.15) is 30.5 Å². The number of nitro groups is 2. The topological polar surface area (TPSA) is 137 Å². The molecule has 234 valence electrons. The minimum atomic E-state index is -0.748. The molecule has 5 rings (SSSR count). The highest BCUT2D eigenvalue weighted by Crippen LogP contribution is 2.43. The number of hydrogen-bond donors (Lipinski definition) is 0. The standard InChI is InChI=1S/C33H27IN4O7S/c1-4-20-6-10-23(11-7-20)35-33-36(24-12-8-21(5-2)9-13-24)32(39)30(46-33)18-22-16-26(34)31(29(17-22)44-3)45-28-15-14-25(37(40)41)19-27(28)38(42)43/h6-19H,4-5H2,1-3H3/b30-18+,35-33?. The van der Waals surface area contributed by atoms with E-state index in [4.69, 9.17) is 14.5 Å². The molecule has 0 aromatic heterocycles. The van der Waals surface area contributed by atoms with E-state index in [1.165, 1.54) is 30.5 Å². The summed E-state index contributed by atoms with van der Waals surface area (Å²) < 4.78 is 12.0. The van der Waals surface area contributed by atoms with Crippen molar-refractivity contribution in [3.05, 3.63) is 124 Å². The predicted octanol–water partition coefficient (Wildman–Crippen LogP) is 8.84. The molecule has 0 radical (unpaired) electrons. The Labute approximate surface area is 282 Å². The van der Waals surface area contributed by atoms with Gasteiger partial charge in [0.25, 0.3) is 11.6 Å². The van der Waals surface area contributed by atoms with Crippen molar-refractivity contribution in [1.29, 1.82) is 0 Å². The van der Waals surface area contributed by atoms with Gasteiger partial charge in [-0.3, -0.25) is 29.9 Å². The summed E-state index contributed by atoms with van der Waals surface area (Å²) in [5.41, 5.74) is 3.38. The van der Waals surface area contributed by atoms with Crippen LogP contribution < -0.4 is 14.4 Å². The molecule has 4 aromatic carbocycles. The number of benzene rings is 4. The van der Waals surface area contributed by atoms with Crippen LogP contribution in [0.3, 0.4) is 0 Å². The van der Waals surface area contributed by atoms with Crippen LogP contribution >= 0.6 is 34.4 Å². The Morgan fingerprint density at radius 1 is 0.891 bits per heavy atom. The SMILES string of the molecule is CCc1ccc(N=C2S/C(=C/c3cc(I)c(Oc4ccc([N+](=O)[O-])cc4[N+](=O)[O-])c(OC)c3)C(=O)N2c2ccc(CC)cc2)cc1. The number of methoxy groups -OCH3 is 1. The number of aryl methyl sites for hydroxylation is 2. The number of amides is 1. The number of rotatable bonds is 10. The van der Waals surface area contributed by atoms with Crippen LogP contribution in [0.2, 0.25) is 0 Å². The van der Waals surface area contributed by atoms with Gasteiger partial charge in [0.05, 0.1) is 42.9 Å². The summed E-state index contributed by atoms with van der Waals surface area (Å²) in [5.74, 6) is 0.00719. The summed E-state index contributed by atoms with van der Waals surface area (Å²) in [6, 6.07) is 22.2. The van der Waals surface area contributed by atoms with Crippen LogP contribution in [-0.4, -0.2) is 28.0 Å². The van der Waals surface area contributed by atoms with Crippen molar-refractivity contribution in [2.45, 2.75) is 26.7 Å². The van der Waals surface area contributed by atoms with E-state index in [9.17, 15) is 25.0 Å². The molecule has 0 saturated carbocycles. The van der Waals surface area contributed by atoms with Crippen LogP contribution in [0.5, 0.6) is 17.2 Å². The fourth-order valence-electron chi connectivity index (χ4n) is 4.61. The zero-order valence-electron chi connectivity index (χ0n) is 24.9. The molecule has 11 nitrogen and oxygen atoms in total. The number of halogens is 1. The molecular weight excluding hydrogens is 723 g/mol. The highest BCUT2D eigenvalue weighted by molar-refractivity contribution is 14.1. The second-order valence-corrected chi connectivity index (χ2v) is 12.2. The van der Waals surface area contributed by atoms with Gasteiger partial charge in [-0.15, -0.1) is 0 Å². The molecule has 1 aliphatic rings. The molecule has 0 aliphatic carbocycles. The lowest BCUT2D eigenvalue weighted by atomic mass is 10.1. The van der Waals surface area contributed by atoms with Crippen molar-refractivity contribution < 1.29 is 24.1 Å². The number of amidine groups is 1. The highest BCUT2D eigenvalue weighted by Gasteiger charge is 2.35. The van der Waals surface area contributed by atoms with Gasteiger partial charge in [0.2, 0.25) is 5.75 Å². The highest BCUT2D eigenvalue weighted by atomic mass is 127. The van der Waals surface area contributed by atoms with Crippen LogP contribution in [0.25, 0.3) is 6.08 Å². The number of carbonyl (C=O) groups is 1. The monoisotopic (exact) mass is 750 g/mol. The molecule has 0 unspecified atom stereocenters. The zero-order chi connectivity index (χ0) is 33.0. The van der Waals surface area contributed by atoms with Gasteiger partial charge in [-0.25, -0.2) is 4.99 Å². The Morgan fingerprint density at radius 2 is 1.54 bits per heavy atom. The van der Waals surface area contributed by atoms with Crippen LogP contribution in [-0.2, 0) is 17.6 Å². The molecule has 0 N–H and O–H groups in total. The Morgan fingerprint density at radius 3 is 2.13 bits per heavy atom. The average molecular weight is 751 g/mol. The molecule has 1 saturated heterocycles. The van der Waals surface area contributed by atoms with E-state index in [2.05, 4.69) is 13.8 Å². The second kappa shape index (κ2) is 14.1. The molecule has 46 heavy (non-hydrogen) atoms. The molecule has 1 aliphatic heterocycles. The van der Waals surface area contributed by atoms with Gasteiger partial charge in [0, 0.05) is 6.07 Å². The van der Waals surface area contributed by atoms with E-state index in [0.29, 0.717) is 24.9 Å². The smallest absolute Gasteiger partial charge is 0.318 e. The quantitative estimate of drug-likeness (QED) is 0.0679. The largest absolute Gasteiger partial charge is 0.493 e. The molecule has 1 heterocycles. The third-order valence-electron chi connectivity index (χ3n) is 7.09. The number of thioether (sulfide) groups is 1. The lowest BCUT2D eigenvalue weighted by molar-refractivity contribution is -0.394. The number of non-ortho nitro benzene ring substituents is 1. The van der Waals surface area contributed by atoms with Gasteiger partial charge >= 0.3 is 5.69 Å². The van der Waals surface area contributed by atoms with Gasteiger partial charge in [0.15, 0.2) is 16.7 Å². The van der Waals surface area contributed by atoms with Gasteiger partial charge in [0.1, 0.15) is 0 Å². The first-order valence-corrected chi connectivity index (χ1v) is 16.0. The summed E-state index contributed by atoms with van der Waals surface area (Å²) in [7, 11) is 1.42. The molecule has 1 fully saturated rings. The normalized spacial score (nSPS) is 14.6. The van der Waals surface area contributed by atoms with Gasteiger partial charge in [-0.2, -0.15) is 0 Å². The predicted molar refractivity (Wildman–Crippen MR) is 187 cm³/mol. The van der Waals surface area contributed by atoms with Crippen molar-refractivity contribution in [2.75, 3.05) is 12.0 Å². The van der Waals surface area contributed by atoms with Crippen LogP contribution in [0, 0.1) is 23.8 Å². The van der Waals surface area contributed by atoms with Crippen molar-refractivity contribution in [1.82, 2.24) is 0 Å². The van der Waals surface area contributed by atoms with Gasteiger partial charge in [-0.1, -0.05) is 38.1 Å². The molecule has 13 heteroatoms. The van der Waals surface area contributed by atoms with Crippen LogP contribution in [0.4, 0.5) is 22.7 Å². The summed E-state index contributed by atoms with van der Waals surface area (Å²) in [5, 5.41) is 23.3. The van der Waals surface area contributed by atoms with Crippen molar-refractivity contribution in [3.63, 3.8) is 0 Å². The Bertz CT molecular complexity index is 1890. The zero-order valence-corrected chi connectivity index (χ0v) is 27.9. The number of ether oxygens (including phenoxy) is 2. The van der Waals surface area contributed by atoms with Gasteiger partial charge < -0.3 is 9.47 Å². The maximum absolute atomic E-state index is 13.9. The first kappa shape index (κ1) is 32.6. The third-order valence-corrected chi connectivity index (χ3v) is 8.86. The molecule has 0 bridgehead atoms. The average Bonchev–Trinajstić information content (AvgIpc) is 3.35. The lowest BCUT2D eigenvalue weighted by Crippen LogP contribution is -2.28. The van der Waals surface area contributed by atoms with E-state index < -0.39 is 21.2 Å². The second-order valence-electron chi connectivity index (χ2n) is 9.99. The fraction of sp³-hybridized carbons (Fsp3) is 0.152. The maximum Gasteiger partial charge on any atom is 0.318 e. The number of aliphatic imine (C=N–C) groups is 1. The minimum Gasteiger partial charge on any atom is -0.493 e. The molecule has 4 aromatic rings. The van der Waals surface area contributed by atoms with E-state index in [0.717, 1.165) is 36.2 Å². The van der Waals surface area contributed by atoms with E-state index >= 15 is 0 Å². The number of nitrogens with zero attached hydrogens (tertiary/aromatic N) is 4. The first-order valence-electron chi connectivity index (χ1n) is 14.1. The van der Waals surface area contributed by atoms with Crippen molar-refractivity contribution in [2.24, 2.45) is 4.99 Å². The molecular formula is C33H27IN4O7S. The molecule has 0 spiro atoms. The van der Waals surface area contributed by atoms with E-state index in [1.54, 1.807) is 23.1 Å². The van der Waals surface area contributed by atoms with Gasteiger partial charge in [-0.05, 0) is 112 Å². The fourth-order valence-corrected chi connectivity index (χ4v) is 6.34. The lowest BCUT2D eigenvalue weighted by Gasteiger charge is -2.16. The van der Waals surface area contributed by atoms with Crippen molar-refractivity contribution in [3.8, 4) is 17.2 Å². The summed E-state index contributed by atoms with van der Waals surface area (Å²) >= 11 is 3.26. The van der Waals surface area contributed by atoms with E-state index in [-0.39, 0.29) is 23.2 Å². The first-order chi connectivity index (χ1) is 22.1. The van der Waals surface area contributed by atoms with E-state index in [1.807, 2.05) is 71.1 Å². The van der Waals surface area contributed by atoms with Crippen LogP contribution in [0.15, 0.2) is 88.8 Å². The minimum absolute atomic E-state index is 0.183. The maximum atomic E-state index is 13.9. The third kappa shape index (κ3) is 7.05. The number of anilines is 1. The molecule has 0 atom stereocenters. The number of carbonyl (C=O) groups excluding carboxylic acids is 1. The number of nitro benzene ring substituents is 2. The Balaban J connectivity index is 1.52. The number of hydrogen-bond acceptors (Lipinski definition) is 9. The Hall–Kier alpha value is -4.76. The summed E-state index contributed by atoms with van der Waals surface area (Å²) in [6.07, 6.45) is 3.51. The Kier molecular flexibility index (Phi) is 10.0. The van der Waals surface area contributed by atoms with Crippen molar-refractivity contribution >= 4 is 74.3 Å². The molecule has 1 amide bonds. The summed E-state index contributed by atoms with van der Waals surface area (Å²) in [4.78, 5) is 42.1.